The van der Waals surface area contributed by atoms with Crippen molar-refractivity contribution >= 4 is 21.9 Å². The maximum atomic E-state index is 14.5. The number of carboxylic acids is 1. The summed E-state index contributed by atoms with van der Waals surface area (Å²) in [5.41, 5.74) is 0.412. The second kappa shape index (κ2) is 5.81. The minimum Gasteiger partial charge on any atom is -0.490 e. The number of benzene rings is 1. The SMILES string of the molecule is O=C(O)C1CNC(c2cc3c(c(Br)c2F)OCCCO3)C1. The van der Waals surface area contributed by atoms with E-state index < -0.39 is 17.7 Å². The van der Waals surface area contributed by atoms with Gasteiger partial charge in [0.2, 0.25) is 0 Å². The van der Waals surface area contributed by atoms with E-state index in [0.717, 1.165) is 6.42 Å². The zero-order valence-electron chi connectivity index (χ0n) is 11.2. The van der Waals surface area contributed by atoms with Crippen LogP contribution in [0, 0.1) is 11.7 Å². The van der Waals surface area contributed by atoms with E-state index in [2.05, 4.69) is 21.2 Å². The van der Waals surface area contributed by atoms with Crippen molar-refractivity contribution in [2.45, 2.75) is 18.9 Å². The molecule has 21 heavy (non-hydrogen) atoms. The maximum Gasteiger partial charge on any atom is 0.307 e. The zero-order chi connectivity index (χ0) is 15.0. The van der Waals surface area contributed by atoms with Crippen molar-refractivity contribution in [3.05, 3.63) is 21.9 Å². The monoisotopic (exact) mass is 359 g/mol. The van der Waals surface area contributed by atoms with Crippen LogP contribution in [0.2, 0.25) is 0 Å². The Morgan fingerprint density at radius 3 is 2.90 bits per heavy atom. The Kier molecular flexibility index (Phi) is 4.03. The van der Waals surface area contributed by atoms with Gasteiger partial charge < -0.3 is 19.9 Å². The Labute approximate surface area is 129 Å². The Bertz CT molecular complexity index is 581. The van der Waals surface area contributed by atoms with Crippen LogP contribution in [-0.2, 0) is 4.79 Å². The Hall–Kier alpha value is -1.34. The number of carboxylic acid groups (broad SMARTS) is 1. The third-order valence-electron chi connectivity index (χ3n) is 3.80. The molecule has 0 radical (unpaired) electrons. The lowest BCUT2D eigenvalue weighted by Gasteiger charge is -2.17. The highest BCUT2D eigenvalue weighted by Crippen LogP contribution is 2.43. The van der Waals surface area contributed by atoms with E-state index in [1.54, 1.807) is 6.07 Å². The average Bonchev–Trinajstić information content (AvgIpc) is 2.83. The molecule has 3 rings (SSSR count). The molecule has 2 aliphatic heterocycles. The molecule has 1 aromatic rings. The van der Waals surface area contributed by atoms with Crippen LogP contribution in [-0.4, -0.2) is 30.8 Å². The first kappa shape index (κ1) is 14.6. The minimum absolute atomic E-state index is 0.234. The standard InChI is InChI=1S/C14H15BrFNO4/c15-11-12(16)8(9-4-7(6-17-9)14(18)19)5-10-13(11)21-3-1-2-20-10/h5,7,9,17H,1-4,6H2,(H,18,19). The van der Waals surface area contributed by atoms with Gasteiger partial charge in [-0.1, -0.05) is 0 Å². The molecule has 0 bridgehead atoms. The third-order valence-corrected chi connectivity index (χ3v) is 4.51. The molecule has 0 spiro atoms. The summed E-state index contributed by atoms with van der Waals surface area (Å²) in [5.74, 6) is -0.913. The quantitative estimate of drug-likeness (QED) is 0.848. The first-order chi connectivity index (χ1) is 10.1. The van der Waals surface area contributed by atoms with Gasteiger partial charge >= 0.3 is 5.97 Å². The average molecular weight is 360 g/mol. The number of ether oxygens (including phenoxy) is 2. The smallest absolute Gasteiger partial charge is 0.307 e. The molecular formula is C14H15BrFNO4. The molecule has 1 aromatic carbocycles. The van der Waals surface area contributed by atoms with Gasteiger partial charge in [-0.3, -0.25) is 4.79 Å². The van der Waals surface area contributed by atoms with E-state index in [0.29, 0.717) is 43.2 Å². The first-order valence-electron chi connectivity index (χ1n) is 6.81. The van der Waals surface area contributed by atoms with Crippen molar-refractivity contribution in [2.75, 3.05) is 19.8 Å². The number of hydrogen-bond acceptors (Lipinski definition) is 4. The molecule has 7 heteroatoms. The van der Waals surface area contributed by atoms with Gasteiger partial charge in [-0.05, 0) is 28.4 Å². The van der Waals surface area contributed by atoms with Crippen molar-refractivity contribution in [3.8, 4) is 11.5 Å². The molecule has 2 N–H and O–H groups in total. The van der Waals surface area contributed by atoms with Gasteiger partial charge in [0.05, 0.1) is 23.6 Å². The molecule has 1 fully saturated rings. The lowest BCUT2D eigenvalue weighted by Crippen LogP contribution is -2.18. The normalized spacial score (nSPS) is 24.7. The number of halogens is 2. The van der Waals surface area contributed by atoms with Gasteiger partial charge in [0.1, 0.15) is 5.82 Å². The van der Waals surface area contributed by atoms with Crippen LogP contribution in [0.1, 0.15) is 24.4 Å². The van der Waals surface area contributed by atoms with Crippen LogP contribution in [0.5, 0.6) is 11.5 Å². The minimum atomic E-state index is -0.862. The highest BCUT2D eigenvalue weighted by molar-refractivity contribution is 9.10. The van der Waals surface area contributed by atoms with Crippen molar-refractivity contribution in [1.29, 1.82) is 0 Å². The summed E-state index contributed by atoms with van der Waals surface area (Å²) in [6.07, 6.45) is 1.10. The largest absolute Gasteiger partial charge is 0.490 e. The molecular weight excluding hydrogens is 345 g/mol. The van der Waals surface area contributed by atoms with Gasteiger partial charge in [0, 0.05) is 24.6 Å². The fraction of sp³-hybridized carbons (Fsp3) is 0.500. The van der Waals surface area contributed by atoms with Crippen LogP contribution >= 0.6 is 15.9 Å². The van der Waals surface area contributed by atoms with E-state index >= 15 is 0 Å². The maximum absolute atomic E-state index is 14.5. The van der Waals surface area contributed by atoms with E-state index in [1.165, 1.54) is 0 Å². The van der Waals surface area contributed by atoms with E-state index in [4.69, 9.17) is 14.6 Å². The lowest BCUT2D eigenvalue weighted by molar-refractivity contribution is -0.141. The molecule has 0 aromatic heterocycles. The Morgan fingerprint density at radius 1 is 1.43 bits per heavy atom. The van der Waals surface area contributed by atoms with Gasteiger partial charge in [0.15, 0.2) is 11.5 Å². The summed E-state index contributed by atoms with van der Waals surface area (Å²) in [6, 6.07) is 1.28. The first-order valence-corrected chi connectivity index (χ1v) is 7.61. The number of carbonyl (C=O) groups is 1. The highest BCUT2D eigenvalue weighted by atomic mass is 79.9. The van der Waals surface area contributed by atoms with Crippen LogP contribution in [0.15, 0.2) is 10.5 Å². The second-order valence-corrected chi connectivity index (χ2v) is 6.00. The van der Waals surface area contributed by atoms with Crippen molar-refractivity contribution in [1.82, 2.24) is 5.32 Å². The zero-order valence-corrected chi connectivity index (χ0v) is 12.8. The molecule has 2 atom stereocenters. The molecule has 114 valence electrons. The van der Waals surface area contributed by atoms with Gasteiger partial charge in [-0.25, -0.2) is 4.39 Å². The third kappa shape index (κ3) is 2.72. The van der Waals surface area contributed by atoms with Crippen molar-refractivity contribution < 1.29 is 23.8 Å². The molecule has 2 unspecified atom stereocenters. The number of fused-ring (bicyclic) bond motifs is 1. The van der Waals surface area contributed by atoms with Gasteiger partial charge in [-0.15, -0.1) is 0 Å². The Balaban J connectivity index is 1.95. The fourth-order valence-corrected chi connectivity index (χ4v) is 3.21. The summed E-state index contributed by atoms with van der Waals surface area (Å²) in [4.78, 5) is 11.0. The fourth-order valence-electron chi connectivity index (χ4n) is 2.68. The van der Waals surface area contributed by atoms with Crippen LogP contribution in [0.3, 0.4) is 0 Å². The predicted molar refractivity (Wildman–Crippen MR) is 76.2 cm³/mol. The van der Waals surface area contributed by atoms with E-state index in [1.807, 2.05) is 0 Å². The number of nitrogens with one attached hydrogen (secondary N) is 1. The number of hydrogen-bond donors (Lipinski definition) is 2. The van der Waals surface area contributed by atoms with Crippen LogP contribution in [0.4, 0.5) is 4.39 Å². The molecule has 2 heterocycles. The number of rotatable bonds is 2. The summed E-state index contributed by atoms with van der Waals surface area (Å²) >= 11 is 3.22. The predicted octanol–water partition coefficient (Wildman–Crippen LogP) is 2.48. The molecule has 5 nitrogen and oxygen atoms in total. The topological polar surface area (TPSA) is 67.8 Å². The van der Waals surface area contributed by atoms with E-state index in [9.17, 15) is 9.18 Å². The summed E-state index contributed by atoms with van der Waals surface area (Å²) < 4.78 is 25.9. The van der Waals surface area contributed by atoms with Gasteiger partial charge in [-0.2, -0.15) is 0 Å². The second-order valence-electron chi connectivity index (χ2n) is 5.20. The van der Waals surface area contributed by atoms with E-state index in [-0.39, 0.29) is 10.5 Å². The Morgan fingerprint density at radius 2 is 2.19 bits per heavy atom. The molecule has 0 aliphatic carbocycles. The highest BCUT2D eigenvalue weighted by Gasteiger charge is 2.33. The molecule has 1 saturated heterocycles. The van der Waals surface area contributed by atoms with Crippen LogP contribution in [0.25, 0.3) is 0 Å². The molecule has 2 aliphatic rings. The van der Waals surface area contributed by atoms with Crippen LogP contribution < -0.4 is 14.8 Å². The molecule has 0 amide bonds. The molecule has 0 saturated carbocycles. The van der Waals surface area contributed by atoms with Crippen molar-refractivity contribution in [3.63, 3.8) is 0 Å². The lowest BCUT2D eigenvalue weighted by atomic mass is 9.99. The summed E-state index contributed by atoms with van der Waals surface area (Å²) in [6.45, 7) is 1.33. The summed E-state index contributed by atoms with van der Waals surface area (Å²) in [5, 5.41) is 12.1. The van der Waals surface area contributed by atoms with Crippen molar-refractivity contribution in [2.24, 2.45) is 5.92 Å². The number of aliphatic carboxylic acids is 1. The summed E-state index contributed by atoms with van der Waals surface area (Å²) in [7, 11) is 0. The van der Waals surface area contributed by atoms with Gasteiger partial charge in [0.25, 0.3) is 0 Å².